The minimum absolute atomic E-state index is 0.105. The minimum Gasteiger partial charge on any atom is -0.384 e. The van der Waals surface area contributed by atoms with Gasteiger partial charge in [-0.05, 0) is 31.9 Å². The number of alkyl halides is 3. The zero-order valence-corrected chi connectivity index (χ0v) is 12.8. The Hall–Kier alpha value is -1.49. The van der Waals surface area contributed by atoms with Gasteiger partial charge in [0.2, 0.25) is 0 Å². The summed E-state index contributed by atoms with van der Waals surface area (Å²) in [7, 11) is 0. The van der Waals surface area contributed by atoms with E-state index in [1.165, 1.54) is 6.92 Å². The van der Waals surface area contributed by atoms with Crippen LogP contribution in [-0.4, -0.2) is 11.5 Å². The van der Waals surface area contributed by atoms with Crippen LogP contribution in [0.3, 0.4) is 0 Å². The average molecular weight is 317 g/mol. The number of benzene rings is 1. The highest BCUT2D eigenvalue weighted by atomic mass is 35.5. The number of nitrogens with one attached hydrogen (secondary N) is 1. The van der Waals surface area contributed by atoms with Crippen LogP contribution in [0.15, 0.2) is 12.1 Å². The normalized spacial score (nSPS) is 12.0. The van der Waals surface area contributed by atoms with Crippen molar-refractivity contribution in [3.05, 3.63) is 34.0 Å². The van der Waals surface area contributed by atoms with Gasteiger partial charge in [0.25, 0.3) is 0 Å². The van der Waals surface area contributed by atoms with E-state index < -0.39 is 11.9 Å². The standard InChI is InChI=1S/C15H16ClF3N2/c1-4-7-20-12-9(3)14(15(17,18)19)21-13-10(16)6-5-8(2)11(12)13/h5-6H,4,7H2,1-3H3,(H,20,21). The molecule has 0 bridgehead atoms. The molecule has 0 atom stereocenters. The molecule has 6 heteroatoms. The van der Waals surface area contributed by atoms with Gasteiger partial charge in [-0.3, -0.25) is 0 Å². The molecule has 2 nitrogen and oxygen atoms in total. The van der Waals surface area contributed by atoms with Gasteiger partial charge in [0, 0.05) is 23.2 Å². The first-order chi connectivity index (χ1) is 9.77. The zero-order valence-electron chi connectivity index (χ0n) is 12.0. The number of nitrogens with zero attached hydrogens (tertiary/aromatic N) is 1. The third-order valence-electron chi connectivity index (χ3n) is 3.36. The largest absolute Gasteiger partial charge is 0.433 e. The van der Waals surface area contributed by atoms with E-state index in [9.17, 15) is 13.2 Å². The predicted molar refractivity (Wildman–Crippen MR) is 80.0 cm³/mol. The van der Waals surface area contributed by atoms with Crippen molar-refractivity contribution in [1.82, 2.24) is 4.98 Å². The lowest BCUT2D eigenvalue weighted by molar-refractivity contribution is -0.141. The second kappa shape index (κ2) is 5.72. The molecule has 0 aliphatic carbocycles. The highest BCUT2D eigenvalue weighted by molar-refractivity contribution is 6.35. The first-order valence-electron chi connectivity index (χ1n) is 6.67. The highest BCUT2D eigenvalue weighted by Crippen LogP contribution is 2.39. The Morgan fingerprint density at radius 2 is 1.90 bits per heavy atom. The number of pyridine rings is 1. The van der Waals surface area contributed by atoms with Crippen molar-refractivity contribution in [2.24, 2.45) is 0 Å². The summed E-state index contributed by atoms with van der Waals surface area (Å²) >= 11 is 6.05. The van der Waals surface area contributed by atoms with E-state index in [1.807, 2.05) is 13.8 Å². The monoisotopic (exact) mass is 316 g/mol. The van der Waals surface area contributed by atoms with Crippen molar-refractivity contribution in [3.63, 3.8) is 0 Å². The molecule has 1 aromatic carbocycles. The van der Waals surface area contributed by atoms with Gasteiger partial charge in [-0.15, -0.1) is 0 Å². The fraction of sp³-hybridized carbons (Fsp3) is 0.400. The Morgan fingerprint density at radius 1 is 1.24 bits per heavy atom. The molecule has 0 aliphatic rings. The molecular formula is C15H16ClF3N2. The predicted octanol–water partition coefficient (Wildman–Crippen LogP) is 5.35. The van der Waals surface area contributed by atoms with Crippen molar-refractivity contribution >= 4 is 28.2 Å². The number of anilines is 1. The van der Waals surface area contributed by atoms with Gasteiger partial charge in [0.05, 0.1) is 10.5 Å². The number of hydrogen-bond donors (Lipinski definition) is 1. The van der Waals surface area contributed by atoms with Crippen LogP contribution in [0.4, 0.5) is 18.9 Å². The second-order valence-electron chi connectivity index (χ2n) is 4.97. The van der Waals surface area contributed by atoms with Crippen LogP contribution in [-0.2, 0) is 6.18 Å². The van der Waals surface area contributed by atoms with Gasteiger partial charge < -0.3 is 5.32 Å². The zero-order chi connectivity index (χ0) is 15.8. The molecular weight excluding hydrogens is 301 g/mol. The maximum absolute atomic E-state index is 13.2. The summed E-state index contributed by atoms with van der Waals surface area (Å²) in [6.45, 7) is 5.82. The topological polar surface area (TPSA) is 24.9 Å². The Labute approximate surface area is 126 Å². The molecule has 1 heterocycles. The van der Waals surface area contributed by atoms with Crippen LogP contribution in [0.5, 0.6) is 0 Å². The molecule has 0 saturated carbocycles. The molecule has 1 aromatic heterocycles. The van der Waals surface area contributed by atoms with Crippen LogP contribution >= 0.6 is 11.6 Å². The van der Waals surface area contributed by atoms with Crippen LogP contribution in [0.1, 0.15) is 30.2 Å². The van der Waals surface area contributed by atoms with Crippen LogP contribution < -0.4 is 5.32 Å². The quantitative estimate of drug-likeness (QED) is 0.826. The van der Waals surface area contributed by atoms with Crippen molar-refractivity contribution in [2.45, 2.75) is 33.4 Å². The van der Waals surface area contributed by atoms with Crippen LogP contribution in [0.2, 0.25) is 5.02 Å². The van der Waals surface area contributed by atoms with Crippen molar-refractivity contribution in [3.8, 4) is 0 Å². The van der Waals surface area contributed by atoms with Gasteiger partial charge in [0.15, 0.2) is 0 Å². The lowest BCUT2D eigenvalue weighted by Gasteiger charge is -2.19. The van der Waals surface area contributed by atoms with Crippen molar-refractivity contribution in [1.29, 1.82) is 0 Å². The molecule has 0 saturated heterocycles. The van der Waals surface area contributed by atoms with Crippen LogP contribution in [0, 0.1) is 13.8 Å². The van der Waals surface area contributed by atoms with E-state index >= 15 is 0 Å². The van der Waals surface area contributed by atoms with Crippen LogP contribution in [0.25, 0.3) is 10.9 Å². The van der Waals surface area contributed by atoms with E-state index in [0.29, 0.717) is 17.6 Å². The number of halogens is 4. The number of aromatic nitrogens is 1. The van der Waals surface area contributed by atoms with E-state index in [-0.39, 0.29) is 16.1 Å². The average Bonchev–Trinajstić information content (AvgIpc) is 2.40. The Balaban J connectivity index is 2.86. The van der Waals surface area contributed by atoms with Gasteiger partial charge >= 0.3 is 6.18 Å². The summed E-state index contributed by atoms with van der Waals surface area (Å²) in [4.78, 5) is 3.78. The fourth-order valence-electron chi connectivity index (χ4n) is 2.34. The summed E-state index contributed by atoms with van der Waals surface area (Å²) in [5.41, 5.74) is 0.717. The molecule has 114 valence electrons. The second-order valence-corrected chi connectivity index (χ2v) is 5.38. The van der Waals surface area contributed by atoms with E-state index in [4.69, 9.17) is 11.6 Å². The summed E-state index contributed by atoms with van der Waals surface area (Å²) in [5, 5.41) is 3.96. The minimum atomic E-state index is -4.51. The first-order valence-corrected chi connectivity index (χ1v) is 7.05. The number of aryl methyl sites for hydroxylation is 1. The Morgan fingerprint density at radius 3 is 2.48 bits per heavy atom. The Bertz CT molecular complexity index is 681. The summed E-state index contributed by atoms with van der Waals surface area (Å²) < 4.78 is 39.5. The third-order valence-corrected chi connectivity index (χ3v) is 3.67. The molecule has 0 fully saturated rings. The van der Waals surface area contributed by atoms with Gasteiger partial charge in [-0.1, -0.05) is 24.6 Å². The van der Waals surface area contributed by atoms with Gasteiger partial charge in [0.1, 0.15) is 5.69 Å². The molecule has 1 N–H and O–H groups in total. The van der Waals surface area contributed by atoms with E-state index in [1.54, 1.807) is 12.1 Å². The SMILES string of the molecule is CCCNc1c(C)c(C(F)(F)F)nc2c(Cl)ccc(C)c12. The molecule has 21 heavy (non-hydrogen) atoms. The molecule has 2 aromatic rings. The molecule has 0 spiro atoms. The first kappa shape index (κ1) is 15.9. The maximum atomic E-state index is 13.2. The number of hydrogen-bond acceptors (Lipinski definition) is 2. The lowest BCUT2D eigenvalue weighted by atomic mass is 10.0. The smallest absolute Gasteiger partial charge is 0.384 e. The highest BCUT2D eigenvalue weighted by Gasteiger charge is 2.36. The lowest BCUT2D eigenvalue weighted by Crippen LogP contribution is -2.14. The third kappa shape index (κ3) is 2.93. The van der Waals surface area contributed by atoms with Crippen molar-refractivity contribution < 1.29 is 13.2 Å². The summed E-state index contributed by atoms with van der Waals surface area (Å²) in [6.07, 6.45) is -3.70. The maximum Gasteiger partial charge on any atom is 0.433 e. The molecule has 2 rings (SSSR count). The Kier molecular flexibility index (Phi) is 4.33. The number of fused-ring (bicyclic) bond motifs is 1. The number of rotatable bonds is 3. The molecule has 0 amide bonds. The molecule has 0 radical (unpaired) electrons. The summed E-state index contributed by atoms with van der Waals surface area (Å²) in [6, 6.07) is 3.36. The molecule has 0 unspecified atom stereocenters. The summed E-state index contributed by atoms with van der Waals surface area (Å²) in [5.74, 6) is 0. The van der Waals surface area contributed by atoms with Gasteiger partial charge in [-0.25, -0.2) is 4.98 Å². The fourth-order valence-corrected chi connectivity index (χ4v) is 2.54. The van der Waals surface area contributed by atoms with Crippen molar-refractivity contribution in [2.75, 3.05) is 11.9 Å². The molecule has 0 aliphatic heterocycles. The van der Waals surface area contributed by atoms with E-state index in [2.05, 4.69) is 10.3 Å². The van der Waals surface area contributed by atoms with E-state index in [0.717, 1.165) is 12.0 Å². The van der Waals surface area contributed by atoms with Gasteiger partial charge in [-0.2, -0.15) is 13.2 Å².